The lowest BCUT2D eigenvalue weighted by Gasteiger charge is -2.34. The number of halogens is 2. The normalized spacial score (nSPS) is 34.1. The summed E-state index contributed by atoms with van der Waals surface area (Å²) in [5.74, 6) is -1.67. The fourth-order valence-electron chi connectivity index (χ4n) is 3.30. The van der Waals surface area contributed by atoms with Gasteiger partial charge in [-0.15, -0.1) is 0 Å². The van der Waals surface area contributed by atoms with E-state index in [0.717, 1.165) is 32.5 Å². The Kier molecular flexibility index (Phi) is 4.36. The third-order valence-electron chi connectivity index (χ3n) is 4.16. The maximum atomic E-state index is 13.1. The number of aliphatic hydroxyl groups is 1. The Balaban J connectivity index is 1.75. The van der Waals surface area contributed by atoms with Gasteiger partial charge in [-0.2, -0.15) is 0 Å². The van der Waals surface area contributed by atoms with Crippen molar-refractivity contribution in [2.75, 3.05) is 26.2 Å². The zero-order valence-corrected chi connectivity index (χ0v) is 10.4. The monoisotopic (exact) mass is 247 g/mol. The molecule has 2 nitrogen and oxygen atoms in total. The van der Waals surface area contributed by atoms with Gasteiger partial charge in [0.1, 0.15) is 0 Å². The molecule has 1 saturated heterocycles. The molecular formula is C13H23F2NO. The molecule has 1 N–H and O–H groups in total. The number of likely N-dealkylation sites (tertiary alicyclic amines) is 1. The lowest BCUT2D eigenvalue weighted by atomic mass is 9.94. The molecule has 2 unspecified atom stereocenters. The largest absolute Gasteiger partial charge is 0.396 e. The molecule has 0 radical (unpaired) electrons. The molecule has 0 spiro atoms. The van der Waals surface area contributed by atoms with Gasteiger partial charge < -0.3 is 10.0 Å². The lowest BCUT2D eigenvalue weighted by Crippen LogP contribution is -2.38. The van der Waals surface area contributed by atoms with E-state index >= 15 is 0 Å². The van der Waals surface area contributed by atoms with E-state index in [1.54, 1.807) is 0 Å². The van der Waals surface area contributed by atoms with Gasteiger partial charge in [0.2, 0.25) is 5.92 Å². The van der Waals surface area contributed by atoms with Crippen LogP contribution >= 0.6 is 0 Å². The minimum absolute atomic E-state index is 0.0750. The average Bonchev–Trinajstić information content (AvgIpc) is 2.59. The van der Waals surface area contributed by atoms with Crippen molar-refractivity contribution in [2.45, 2.75) is 44.4 Å². The Bertz CT molecular complexity index is 246. The second-order valence-corrected chi connectivity index (χ2v) is 5.74. The number of aliphatic hydroxyl groups excluding tert-OH is 1. The molecule has 17 heavy (non-hydrogen) atoms. The second kappa shape index (κ2) is 5.61. The molecule has 1 saturated carbocycles. The van der Waals surface area contributed by atoms with E-state index in [0.29, 0.717) is 12.3 Å². The molecular weight excluding hydrogens is 224 g/mol. The standard InChI is InChI=1S/C13H23F2NO/c14-13(15)5-3-12(8-13)10-16-6-1-2-11(9-16)4-7-17/h11-12,17H,1-10H2. The number of hydrogen-bond acceptors (Lipinski definition) is 2. The summed E-state index contributed by atoms with van der Waals surface area (Å²) in [5, 5.41) is 8.94. The highest BCUT2D eigenvalue weighted by molar-refractivity contribution is 4.84. The summed E-state index contributed by atoms with van der Waals surface area (Å²) in [6.45, 7) is 3.12. The van der Waals surface area contributed by atoms with Crippen LogP contribution < -0.4 is 0 Å². The van der Waals surface area contributed by atoms with Crippen LogP contribution in [-0.4, -0.2) is 42.2 Å². The number of piperidine rings is 1. The lowest BCUT2D eigenvalue weighted by molar-refractivity contribution is 0.00263. The van der Waals surface area contributed by atoms with Crippen molar-refractivity contribution in [3.8, 4) is 0 Å². The van der Waals surface area contributed by atoms with Crippen LogP contribution in [0.4, 0.5) is 8.78 Å². The molecule has 1 aliphatic heterocycles. The minimum atomic E-state index is -2.41. The number of hydrogen-bond donors (Lipinski definition) is 1. The summed E-state index contributed by atoms with van der Waals surface area (Å²) >= 11 is 0. The van der Waals surface area contributed by atoms with Gasteiger partial charge in [-0.3, -0.25) is 0 Å². The molecule has 2 atom stereocenters. The van der Waals surface area contributed by atoms with E-state index in [1.807, 2.05) is 0 Å². The zero-order valence-electron chi connectivity index (χ0n) is 10.4. The first-order valence-corrected chi connectivity index (χ1v) is 6.80. The maximum absolute atomic E-state index is 13.1. The van der Waals surface area contributed by atoms with E-state index in [-0.39, 0.29) is 25.4 Å². The van der Waals surface area contributed by atoms with Crippen LogP contribution in [0.2, 0.25) is 0 Å². The van der Waals surface area contributed by atoms with Crippen molar-refractivity contribution in [2.24, 2.45) is 11.8 Å². The Morgan fingerprint density at radius 3 is 2.71 bits per heavy atom. The van der Waals surface area contributed by atoms with Gasteiger partial charge in [-0.05, 0) is 44.1 Å². The van der Waals surface area contributed by atoms with Crippen LogP contribution in [0.3, 0.4) is 0 Å². The Hall–Kier alpha value is -0.220. The topological polar surface area (TPSA) is 23.5 Å². The van der Waals surface area contributed by atoms with Gasteiger partial charge in [-0.1, -0.05) is 0 Å². The predicted octanol–water partition coefficient (Wildman–Crippen LogP) is 2.52. The van der Waals surface area contributed by atoms with Gasteiger partial charge >= 0.3 is 0 Å². The molecule has 2 fully saturated rings. The van der Waals surface area contributed by atoms with Gasteiger partial charge in [0, 0.05) is 32.5 Å². The molecule has 0 aromatic carbocycles. The summed E-state index contributed by atoms with van der Waals surface area (Å²) in [6, 6.07) is 0. The fraction of sp³-hybridized carbons (Fsp3) is 1.00. The summed E-state index contributed by atoms with van der Waals surface area (Å²) in [4.78, 5) is 2.33. The van der Waals surface area contributed by atoms with Crippen molar-refractivity contribution >= 4 is 0 Å². The second-order valence-electron chi connectivity index (χ2n) is 5.74. The number of nitrogens with zero attached hydrogens (tertiary/aromatic N) is 1. The Morgan fingerprint density at radius 1 is 1.24 bits per heavy atom. The summed E-state index contributed by atoms with van der Waals surface area (Å²) in [6.07, 6.45) is 4.01. The van der Waals surface area contributed by atoms with Crippen molar-refractivity contribution in [3.63, 3.8) is 0 Å². The minimum Gasteiger partial charge on any atom is -0.396 e. The third-order valence-corrected chi connectivity index (χ3v) is 4.16. The first kappa shape index (κ1) is 13.2. The SMILES string of the molecule is OCCC1CCCN(CC2CCC(F)(F)C2)C1. The molecule has 0 bridgehead atoms. The molecule has 100 valence electrons. The van der Waals surface area contributed by atoms with E-state index < -0.39 is 5.92 Å². The number of rotatable bonds is 4. The van der Waals surface area contributed by atoms with E-state index in [9.17, 15) is 8.78 Å². The first-order valence-electron chi connectivity index (χ1n) is 6.80. The van der Waals surface area contributed by atoms with Crippen LogP contribution in [0.25, 0.3) is 0 Å². The van der Waals surface area contributed by atoms with Gasteiger partial charge in [-0.25, -0.2) is 8.78 Å². The Morgan fingerprint density at radius 2 is 2.06 bits per heavy atom. The molecule has 0 aromatic heterocycles. The highest BCUT2D eigenvalue weighted by Gasteiger charge is 2.40. The number of alkyl halides is 2. The van der Waals surface area contributed by atoms with Crippen LogP contribution in [0, 0.1) is 11.8 Å². The highest BCUT2D eigenvalue weighted by atomic mass is 19.3. The van der Waals surface area contributed by atoms with Gasteiger partial charge in [0.05, 0.1) is 0 Å². The van der Waals surface area contributed by atoms with Gasteiger partial charge in [0.15, 0.2) is 0 Å². The van der Waals surface area contributed by atoms with Crippen molar-refractivity contribution in [1.82, 2.24) is 4.90 Å². The molecule has 4 heteroatoms. The van der Waals surface area contributed by atoms with Crippen LogP contribution in [0.15, 0.2) is 0 Å². The van der Waals surface area contributed by atoms with E-state index in [1.165, 1.54) is 6.42 Å². The first-order chi connectivity index (χ1) is 8.09. The molecule has 1 aliphatic carbocycles. The molecule has 2 aliphatic rings. The van der Waals surface area contributed by atoms with Crippen LogP contribution in [-0.2, 0) is 0 Å². The van der Waals surface area contributed by atoms with Crippen LogP contribution in [0.1, 0.15) is 38.5 Å². The molecule has 2 rings (SSSR count). The third kappa shape index (κ3) is 3.88. The highest BCUT2D eigenvalue weighted by Crippen LogP contribution is 2.39. The maximum Gasteiger partial charge on any atom is 0.248 e. The molecule has 0 aromatic rings. The summed E-state index contributed by atoms with van der Waals surface area (Å²) < 4.78 is 26.2. The average molecular weight is 247 g/mol. The quantitative estimate of drug-likeness (QED) is 0.825. The smallest absolute Gasteiger partial charge is 0.248 e. The van der Waals surface area contributed by atoms with Gasteiger partial charge in [0.25, 0.3) is 0 Å². The van der Waals surface area contributed by atoms with Crippen molar-refractivity contribution in [3.05, 3.63) is 0 Å². The van der Waals surface area contributed by atoms with Crippen molar-refractivity contribution < 1.29 is 13.9 Å². The summed E-state index contributed by atoms with van der Waals surface area (Å²) in [7, 11) is 0. The Labute approximate surface area is 102 Å². The zero-order chi connectivity index (χ0) is 12.3. The van der Waals surface area contributed by atoms with Crippen LogP contribution in [0.5, 0.6) is 0 Å². The van der Waals surface area contributed by atoms with Crippen molar-refractivity contribution in [1.29, 1.82) is 0 Å². The van der Waals surface area contributed by atoms with E-state index in [2.05, 4.69) is 4.90 Å². The van der Waals surface area contributed by atoms with E-state index in [4.69, 9.17) is 5.11 Å². The fourth-order valence-corrected chi connectivity index (χ4v) is 3.30. The molecule has 0 amide bonds. The molecule has 1 heterocycles. The predicted molar refractivity (Wildman–Crippen MR) is 63.2 cm³/mol. The summed E-state index contributed by atoms with van der Waals surface area (Å²) in [5.41, 5.74) is 0.